The molecule has 2 aromatic rings. The SMILES string of the molecule is Cn1ncnc1C(O)c1ccsc1Cl. The fourth-order valence-electron chi connectivity index (χ4n) is 1.19. The summed E-state index contributed by atoms with van der Waals surface area (Å²) in [6.07, 6.45) is 0.597. The van der Waals surface area contributed by atoms with Crippen molar-refractivity contribution < 1.29 is 5.11 Å². The molecular weight excluding hydrogens is 222 g/mol. The smallest absolute Gasteiger partial charge is 0.160 e. The normalized spacial score (nSPS) is 13.1. The van der Waals surface area contributed by atoms with Crippen LogP contribution in [0.1, 0.15) is 17.5 Å². The number of thiophene rings is 1. The first-order valence-corrected chi connectivity index (χ1v) is 5.20. The van der Waals surface area contributed by atoms with Gasteiger partial charge in [-0.2, -0.15) is 5.10 Å². The van der Waals surface area contributed by atoms with Crippen LogP contribution in [0, 0.1) is 0 Å². The van der Waals surface area contributed by atoms with Crippen LogP contribution in [0.15, 0.2) is 17.8 Å². The van der Waals surface area contributed by atoms with E-state index < -0.39 is 6.10 Å². The van der Waals surface area contributed by atoms with Crippen molar-refractivity contribution in [1.82, 2.24) is 14.8 Å². The number of hydrogen-bond acceptors (Lipinski definition) is 4. The number of aromatic nitrogens is 3. The van der Waals surface area contributed by atoms with Crippen LogP contribution in [0.4, 0.5) is 0 Å². The predicted molar refractivity (Wildman–Crippen MR) is 54.4 cm³/mol. The fraction of sp³-hybridized carbons (Fsp3) is 0.250. The lowest BCUT2D eigenvalue weighted by Gasteiger charge is -2.07. The number of aliphatic hydroxyl groups is 1. The first kappa shape index (κ1) is 9.64. The Kier molecular flexibility index (Phi) is 2.54. The summed E-state index contributed by atoms with van der Waals surface area (Å²) in [6, 6.07) is 1.78. The van der Waals surface area contributed by atoms with Crippen LogP contribution >= 0.6 is 22.9 Å². The maximum atomic E-state index is 9.93. The molecule has 1 unspecified atom stereocenters. The molecule has 1 atom stereocenters. The first-order valence-electron chi connectivity index (χ1n) is 3.95. The van der Waals surface area contributed by atoms with E-state index in [9.17, 15) is 5.11 Å². The van der Waals surface area contributed by atoms with Gasteiger partial charge < -0.3 is 5.11 Å². The van der Waals surface area contributed by atoms with Gasteiger partial charge in [0.1, 0.15) is 12.4 Å². The van der Waals surface area contributed by atoms with Crippen molar-refractivity contribution in [1.29, 1.82) is 0 Å². The maximum absolute atomic E-state index is 9.93. The second kappa shape index (κ2) is 3.68. The summed E-state index contributed by atoms with van der Waals surface area (Å²) in [6.45, 7) is 0. The maximum Gasteiger partial charge on any atom is 0.160 e. The van der Waals surface area contributed by atoms with Crippen molar-refractivity contribution >= 4 is 22.9 Å². The topological polar surface area (TPSA) is 50.9 Å². The Hall–Kier alpha value is -0.910. The molecule has 4 nitrogen and oxygen atoms in total. The molecule has 6 heteroatoms. The molecule has 0 fully saturated rings. The van der Waals surface area contributed by atoms with Crippen molar-refractivity contribution in [3.8, 4) is 0 Å². The van der Waals surface area contributed by atoms with Gasteiger partial charge in [-0.3, -0.25) is 4.68 Å². The molecule has 0 aliphatic carbocycles. The number of aryl methyl sites for hydroxylation is 1. The summed E-state index contributed by atoms with van der Waals surface area (Å²) >= 11 is 7.29. The first-order chi connectivity index (χ1) is 6.70. The Morgan fingerprint density at radius 1 is 1.64 bits per heavy atom. The highest BCUT2D eigenvalue weighted by Crippen LogP contribution is 2.30. The molecule has 0 spiro atoms. The quantitative estimate of drug-likeness (QED) is 0.851. The van der Waals surface area contributed by atoms with Crippen LogP contribution in [-0.4, -0.2) is 19.9 Å². The van der Waals surface area contributed by atoms with Crippen LogP contribution in [0.5, 0.6) is 0 Å². The lowest BCUT2D eigenvalue weighted by atomic mass is 10.2. The molecule has 2 heterocycles. The van der Waals surface area contributed by atoms with Gasteiger partial charge >= 0.3 is 0 Å². The number of aliphatic hydroxyl groups excluding tert-OH is 1. The summed E-state index contributed by atoms with van der Waals surface area (Å²) in [5.41, 5.74) is 0.674. The second-order valence-corrected chi connectivity index (χ2v) is 4.31. The number of hydrogen-bond donors (Lipinski definition) is 1. The summed E-state index contributed by atoms with van der Waals surface area (Å²) in [4.78, 5) is 3.96. The minimum atomic E-state index is -0.804. The molecule has 0 aromatic carbocycles. The molecule has 74 valence electrons. The van der Waals surface area contributed by atoms with Crippen molar-refractivity contribution in [2.24, 2.45) is 7.05 Å². The standard InChI is InChI=1S/C8H8ClN3OS/c1-12-8(10-4-11-12)6(13)5-2-3-14-7(5)9/h2-4,6,13H,1H3. The average molecular weight is 230 g/mol. The Balaban J connectivity index is 2.38. The number of rotatable bonds is 2. The van der Waals surface area contributed by atoms with E-state index in [4.69, 9.17) is 11.6 Å². The molecule has 2 rings (SSSR count). The van der Waals surface area contributed by atoms with Gasteiger partial charge in [-0.1, -0.05) is 11.6 Å². The molecule has 0 aliphatic rings. The Morgan fingerprint density at radius 2 is 2.43 bits per heavy atom. The molecule has 0 amide bonds. The summed E-state index contributed by atoms with van der Waals surface area (Å²) < 4.78 is 2.11. The van der Waals surface area contributed by atoms with Crippen molar-refractivity contribution in [2.45, 2.75) is 6.10 Å². The van der Waals surface area contributed by atoms with Gasteiger partial charge in [0.2, 0.25) is 0 Å². The number of nitrogens with zero attached hydrogens (tertiary/aromatic N) is 3. The minimum absolute atomic E-state index is 0.491. The fourth-order valence-corrected chi connectivity index (χ4v) is 2.16. The Labute approximate surface area is 89.8 Å². The summed E-state index contributed by atoms with van der Waals surface area (Å²) in [5.74, 6) is 0.491. The van der Waals surface area contributed by atoms with Crippen molar-refractivity contribution in [3.05, 3.63) is 33.5 Å². The monoisotopic (exact) mass is 229 g/mol. The third-order valence-corrected chi connectivity index (χ3v) is 3.13. The zero-order valence-corrected chi connectivity index (χ0v) is 8.96. The van der Waals surface area contributed by atoms with E-state index in [1.54, 1.807) is 13.1 Å². The zero-order chi connectivity index (χ0) is 10.1. The molecule has 0 saturated carbocycles. The lowest BCUT2D eigenvalue weighted by Crippen LogP contribution is -2.07. The zero-order valence-electron chi connectivity index (χ0n) is 7.38. The predicted octanol–water partition coefficient (Wildman–Crippen LogP) is 1.61. The molecule has 1 N–H and O–H groups in total. The molecule has 2 aromatic heterocycles. The van der Waals surface area contributed by atoms with Crippen molar-refractivity contribution in [2.75, 3.05) is 0 Å². The van der Waals surface area contributed by atoms with E-state index in [0.29, 0.717) is 15.7 Å². The van der Waals surface area contributed by atoms with Gasteiger partial charge in [0.15, 0.2) is 5.82 Å². The van der Waals surface area contributed by atoms with Crippen LogP contribution in [0.25, 0.3) is 0 Å². The molecule has 14 heavy (non-hydrogen) atoms. The van der Waals surface area contributed by atoms with Crippen LogP contribution in [0.3, 0.4) is 0 Å². The third kappa shape index (κ3) is 1.54. The average Bonchev–Trinajstić information content (AvgIpc) is 2.73. The highest BCUT2D eigenvalue weighted by molar-refractivity contribution is 7.14. The largest absolute Gasteiger partial charge is 0.380 e. The third-order valence-electron chi connectivity index (χ3n) is 1.93. The molecule has 0 radical (unpaired) electrons. The van der Waals surface area contributed by atoms with Gasteiger partial charge in [0.05, 0.1) is 4.34 Å². The van der Waals surface area contributed by atoms with Crippen LogP contribution < -0.4 is 0 Å². The Bertz CT molecular complexity index is 399. The number of halogens is 1. The second-order valence-electron chi connectivity index (χ2n) is 2.79. The van der Waals surface area contributed by atoms with Gasteiger partial charge in [-0.05, 0) is 11.4 Å². The van der Waals surface area contributed by atoms with Gasteiger partial charge in [0, 0.05) is 12.6 Å². The Morgan fingerprint density at radius 3 is 2.93 bits per heavy atom. The highest BCUT2D eigenvalue weighted by Gasteiger charge is 2.18. The van der Waals surface area contributed by atoms with E-state index in [1.165, 1.54) is 22.3 Å². The van der Waals surface area contributed by atoms with Crippen LogP contribution in [-0.2, 0) is 7.05 Å². The minimum Gasteiger partial charge on any atom is -0.380 e. The van der Waals surface area contributed by atoms with Gasteiger partial charge in [0.25, 0.3) is 0 Å². The van der Waals surface area contributed by atoms with Gasteiger partial charge in [-0.15, -0.1) is 11.3 Å². The highest BCUT2D eigenvalue weighted by atomic mass is 35.5. The van der Waals surface area contributed by atoms with E-state index in [2.05, 4.69) is 10.1 Å². The van der Waals surface area contributed by atoms with Crippen molar-refractivity contribution in [3.63, 3.8) is 0 Å². The molecule has 0 bridgehead atoms. The van der Waals surface area contributed by atoms with Crippen LogP contribution in [0.2, 0.25) is 4.34 Å². The lowest BCUT2D eigenvalue weighted by molar-refractivity contribution is 0.205. The summed E-state index contributed by atoms with van der Waals surface area (Å²) in [7, 11) is 1.73. The van der Waals surface area contributed by atoms with E-state index in [-0.39, 0.29) is 0 Å². The molecule has 0 aliphatic heterocycles. The summed E-state index contributed by atoms with van der Waals surface area (Å²) in [5, 5.41) is 15.6. The van der Waals surface area contributed by atoms with E-state index in [0.717, 1.165) is 0 Å². The van der Waals surface area contributed by atoms with Gasteiger partial charge in [-0.25, -0.2) is 4.98 Å². The molecular formula is C8H8ClN3OS. The molecule has 0 saturated heterocycles. The van der Waals surface area contributed by atoms with E-state index in [1.807, 2.05) is 5.38 Å². The van der Waals surface area contributed by atoms with E-state index >= 15 is 0 Å².